The molecule has 5 aromatic rings. The van der Waals surface area contributed by atoms with Crippen molar-refractivity contribution < 1.29 is 9.32 Å². The largest absolute Gasteiger partial charge is 0.333 e. The van der Waals surface area contributed by atoms with Crippen LogP contribution in [0.15, 0.2) is 64.2 Å². The predicted octanol–water partition coefficient (Wildman–Crippen LogP) is 4.30. The summed E-state index contributed by atoms with van der Waals surface area (Å²) in [7, 11) is 0. The molecule has 10 heteroatoms. The van der Waals surface area contributed by atoms with Crippen LogP contribution in [-0.4, -0.2) is 25.6 Å². The molecule has 0 fully saturated rings. The third-order valence-corrected chi connectivity index (χ3v) is 6.72. The van der Waals surface area contributed by atoms with E-state index in [-0.39, 0.29) is 18.0 Å². The lowest BCUT2D eigenvalue weighted by Crippen LogP contribution is -2.27. The monoisotopic (exact) mass is 482 g/mol. The van der Waals surface area contributed by atoms with Crippen LogP contribution in [0.25, 0.3) is 32.4 Å². The van der Waals surface area contributed by atoms with E-state index in [0.717, 1.165) is 11.1 Å². The Bertz CT molecular complexity index is 1670. The first-order chi connectivity index (χ1) is 16.9. The molecule has 0 bridgehead atoms. The van der Waals surface area contributed by atoms with Crippen LogP contribution in [0.1, 0.15) is 16.7 Å². The molecular formula is C25H18N6O3S. The predicted molar refractivity (Wildman–Crippen MR) is 132 cm³/mol. The number of amides is 1. The van der Waals surface area contributed by atoms with Crippen molar-refractivity contribution in [3.8, 4) is 28.2 Å². The second-order valence-electron chi connectivity index (χ2n) is 7.89. The number of fused-ring (bicyclic) bond motifs is 1. The lowest BCUT2D eigenvalue weighted by molar-refractivity contribution is -0.116. The van der Waals surface area contributed by atoms with Crippen molar-refractivity contribution in [3.63, 3.8) is 0 Å². The van der Waals surface area contributed by atoms with Crippen molar-refractivity contribution in [2.75, 3.05) is 5.32 Å². The van der Waals surface area contributed by atoms with E-state index in [4.69, 9.17) is 9.78 Å². The van der Waals surface area contributed by atoms with E-state index in [1.54, 1.807) is 31.2 Å². The molecule has 0 aliphatic heterocycles. The van der Waals surface area contributed by atoms with Gasteiger partial charge in [0, 0.05) is 11.3 Å². The van der Waals surface area contributed by atoms with Crippen LogP contribution in [0.4, 0.5) is 5.69 Å². The second-order valence-corrected chi connectivity index (χ2v) is 8.89. The summed E-state index contributed by atoms with van der Waals surface area (Å²) in [5, 5.41) is 16.1. The number of thiophene rings is 1. The number of nitrogens with zero attached hydrogens (tertiary/aromatic N) is 5. The Kier molecular flexibility index (Phi) is 5.68. The Morgan fingerprint density at radius 2 is 1.94 bits per heavy atom. The lowest BCUT2D eigenvalue weighted by atomic mass is 10.1. The minimum Gasteiger partial charge on any atom is -0.333 e. The smallest absolute Gasteiger partial charge is 0.268 e. The Morgan fingerprint density at radius 3 is 2.69 bits per heavy atom. The molecule has 35 heavy (non-hydrogen) atoms. The van der Waals surface area contributed by atoms with Crippen LogP contribution in [0.3, 0.4) is 0 Å². The van der Waals surface area contributed by atoms with E-state index in [9.17, 15) is 9.59 Å². The number of aryl methyl sites for hydroxylation is 2. The average molecular weight is 483 g/mol. The van der Waals surface area contributed by atoms with Gasteiger partial charge in [0.15, 0.2) is 0 Å². The summed E-state index contributed by atoms with van der Waals surface area (Å²) in [5.74, 6) is 0.402. The van der Waals surface area contributed by atoms with Gasteiger partial charge in [0.05, 0.1) is 28.2 Å². The number of carbonyl (C=O) groups is 1. The van der Waals surface area contributed by atoms with Crippen LogP contribution < -0.4 is 10.9 Å². The maximum Gasteiger partial charge on any atom is 0.268 e. The molecule has 0 unspecified atom stereocenters. The highest BCUT2D eigenvalue weighted by Crippen LogP contribution is 2.35. The molecule has 1 amide bonds. The van der Waals surface area contributed by atoms with E-state index in [2.05, 4.69) is 20.4 Å². The van der Waals surface area contributed by atoms with Gasteiger partial charge in [0.2, 0.25) is 11.7 Å². The van der Waals surface area contributed by atoms with Gasteiger partial charge in [-0.15, -0.1) is 11.3 Å². The number of nitrogens with one attached hydrogen (secondary N) is 1. The zero-order valence-corrected chi connectivity index (χ0v) is 19.6. The Morgan fingerprint density at radius 1 is 1.17 bits per heavy atom. The maximum atomic E-state index is 13.2. The summed E-state index contributed by atoms with van der Waals surface area (Å²) < 4.78 is 6.78. The van der Waals surface area contributed by atoms with Gasteiger partial charge in [0.1, 0.15) is 11.4 Å². The molecule has 3 aromatic heterocycles. The summed E-state index contributed by atoms with van der Waals surface area (Å²) in [6.45, 7) is 3.57. The number of carbonyl (C=O) groups excluding carboxylic acids is 1. The fourth-order valence-electron chi connectivity index (χ4n) is 3.71. The van der Waals surface area contributed by atoms with E-state index in [0.29, 0.717) is 43.6 Å². The molecule has 0 atom stereocenters. The maximum absolute atomic E-state index is 13.2. The van der Waals surface area contributed by atoms with Crippen LogP contribution in [-0.2, 0) is 11.3 Å². The van der Waals surface area contributed by atoms with E-state index >= 15 is 0 Å². The number of hydrogen-bond acceptors (Lipinski definition) is 8. The Labute approximate surface area is 203 Å². The zero-order valence-electron chi connectivity index (χ0n) is 18.8. The van der Waals surface area contributed by atoms with Crippen molar-refractivity contribution in [3.05, 3.63) is 81.9 Å². The third kappa shape index (κ3) is 4.20. The summed E-state index contributed by atoms with van der Waals surface area (Å²) in [5.41, 5.74) is 3.26. The van der Waals surface area contributed by atoms with Gasteiger partial charge in [-0.2, -0.15) is 10.2 Å². The molecule has 172 valence electrons. The van der Waals surface area contributed by atoms with Crippen LogP contribution >= 0.6 is 11.3 Å². The minimum absolute atomic E-state index is 0.204. The Hall–Kier alpha value is -4.62. The third-order valence-electron chi connectivity index (χ3n) is 5.54. The number of hydrogen-bond donors (Lipinski definition) is 1. The van der Waals surface area contributed by atoms with Crippen molar-refractivity contribution in [2.45, 2.75) is 20.4 Å². The second kappa shape index (κ2) is 8.96. The van der Waals surface area contributed by atoms with Crippen LogP contribution in [0, 0.1) is 25.2 Å². The molecule has 5 rings (SSSR count). The molecule has 0 radical (unpaired) electrons. The highest BCUT2D eigenvalue weighted by atomic mass is 32.1. The first kappa shape index (κ1) is 22.2. The highest BCUT2D eigenvalue weighted by Gasteiger charge is 2.21. The van der Waals surface area contributed by atoms with E-state index < -0.39 is 0 Å². The van der Waals surface area contributed by atoms with Gasteiger partial charge in [-0.05, 0) is 49.2 Å². The molecule has 3 heterocycles. The molecule has 0 spiro atoms. The number of nitriles is 1. The first-order valence-electron chi connectivity index (χ1n) is 10.6. The van der Waals surface area contributed by atoms with Gasteiger partial charge in [-0.25, -0.2) is 4.98 Å². The van der Waals surface area contributed by atoms with Crippen molar-refractivity contribution in [1.29, 1.82) is 5.26 Å². The number of anilines is 1. The molecule has 0 saturated carbocycles. The van der Waals surface area contributed by atoms with E-state index in [1.807, 2.05) is 37.3 Å². The van der Waals surface area contributed by atoms with Crippen LogP contribution in [0.2, 0.25) is 0 Å². The van der Waals surface area contributed by atoms with Gasteiger partial charge < -0.3 is 9.84 Å². The minimum atomic E-state index is -0.383. The SMILES string of the molecule is Cc1ccccc1-c1noc(-c2sc3ncn(CC(=O)Nc4ccc(C#N)cc4)c(=O)c3c2C)n1. The topological polar surface area (TPSA) is 127 Å². The van der Waals surface area contributed by atoms with Gasteiger partial charge in [-0.1, -0.05) is 29.4 Å². The fourth-order valence-corrected chi connectivity index (χ4v) is 4.77. The fraction of sp³-hybridized carbons (Fsp3) is 0.120. The molecule has 0 aliphatic rings. The summed E-state index contributed by atoms with van der Waals surface area (Å²) in [6, 6.07) is 16.2. The van der Waals surface area contributed by atoms with E-state index in [1.165, 1.54) is 22.2 Å². The van der Waals surface area contributed by atoms with Crippen molar-refractivity contribution in [2.24, 2.45) is 0 Å². The number of rotatable bonds is 5. The Balaban J connectivity index is 1.43. The average Bonchev–Trinajstić information content (AvgIpc) is 3.47. The first-order valence-corrected chi connectivity index (χ1v) is 11.4. The molecule has 0 saturated heterocycles. The normalized spacial score (nSPS) is 10.9. The van der Waals surface area contributed by atoms with Gasteiger partial charge >= 0.3 is 0 Å². The zero-order chi connectivity index (χ0) is 24.5. The molecule has 2 aromatic carbocycles. The standard InChI is InChI=1S/C25H18N6O3S/c1-14-5-3-4-6-18(14)22-29-23(34-30-22)21-15(2)20-24(35-21)27-13-31(25(20)33)12-19(32)28-17-9-7-16(11-26)8-10-17/h3-10,13H,12H2,1-2H3,(H,28,32). The number of aromatic nitrogens is 4. The molecule has 1 N–H and O–H groups in total. The van der Waals surface area contributed by atoms with Gasteiger partial charge in [-0.3, -0.25) is 14.2 Å². The number of benzene rings is 2. The summed E-state index contributed by atoms with van der Waals surface area (Å²) >= 11 is 1.29. The quantitative estimate of drug-likeness (QED) is 0.396. The van der Waals surface area contributed by atoms with Crippen molar-refractivity contribution in [1.82, 2.24) is 19.7 Å². The summed E-state index contributed by atoms with van der Waals surface area (Å²) in [6.07, 6.45) is 1.36. The highest BCUT2D eigenvalue weighted by molar-refractivity contribution is 7.22. The van der Waals surface area contributed by atoms with Crippen molar-refractivity contribution >= 4 is 33.1 Å². The molecular weight excluding hydrogens is 464 g/mol. The van der Waals surface area contributed by atoms with Gasteiger partial charge in [0.25, 0.3) is 11.4 Å². The summed E-state index contributed by atoms with van der Waals surface area (Å²) in [4.78, 5) is 35.8. The lowest BCUT2D eigenvalue weighted by Gasteiger charge is -2.07. The molecule has 9 nitrogen and oxygen atoms in total. The molecule has 0 aliphatic carbocycles. The van der Waals surface area contributed by atoms with Crippen LogP contribution in [0.5, 0.6) is 0 Å².